The summed E-state index contributed by atoms with van der Waals surface area (Å²) in [6.07, 6.45) is 8.26. The number of anilines is 1. The van der Waals surface area contributed by atoms with Crippen LogP contribution in [-0.4, -0.2) is 23.7 Å². The number of carbonyl (C=O) groups is 1. The largest absolute Gasteiger partial charge is 1.00 e. The van der Waals surface area contributed by atoms with Gasteiger partial charge in [0.15, 0.2) is 5.13 Å². The van der Waals surface area contributed by atoms with Crippen LogP contribution in [0.3, 0.4) is 0 Å². The van der Waals surface area contributed by atoms with Crippen molar-refractivity contribution in [1.29, 1.82) is 0 Å². The molecule has 1 aromatic carbocycles. The molecule has 6 nitrogen and oxygen atoms in total. The minimum atomic E-state index is 0. The molecule has 2 fully saturated rings. The molecular formula is C26H32KN3O3S. The molecule has 1 N–H and O–H groups in total. The number of nitrogens with one attached hydrogen (secondary N) is 1. The van der Waals surface area contributed by atoms with E-state index in [0.29, 0.717) is 35.2 Å². The number of thiazole rings is 1. The van der Waals surface area contributed by atoms with Crippen LogP contribution in [0.25, 0.3) is 0 Å². The Hall–Kier alpha value is -0.774. The first kappa shape index (κ1) is 26.3. The fourth-order valence-electron chi connectivity index (χ4n) is 7.07. The SMILES string of the molecule is CO/N=C1\C[C@@H](CCC(=O)Nc2ncc(C)s2)C2C3CCc4cc([O-])ccc4C3CC[C@]12C.[K+]. The summed E-state index contributed by atoms with van der Waals surface area (Å²) in [5.41, 5.74) is 3.79. The number of benzene rings is 1. The standard InChI is InChI=1S/C26H33N3O3S.K/c1-15-14-27-25(33-15)28-23(31)9-5-17-13-22(29-32-3)26(2)11-10-20-19-8-6-18(30)12-16(19)4-7-21(20)24(17)26;/h6,8,12,14,17,20-21,24,30H,4-5,7,9-11,13H2,1-3H3,(H,27,28,31);/q;+1/p-1/b29-22+;/t17-,20?,21?,24?,26-;/m1./s1. The predicted octanol–water partition coefficient (Wildman–Crippen LogP) is 2.03. The van der Waals surface area contributed by atoms with Crippen molar-refractivity contribution in [3.8, 4) is 5.75 Å². The number of nitrogens with zero attached hydrogens (tertiary/aromatic N) is 2. The fourth-order valence-corrected chi connectivity index (χ4v) is 7.75. The number of rotatable bonds is 5. The molecular weight excluding hydrogens is 473 g/mol. The van der Waals surface area contributed by atoms with E-state index in [-0.39, 0.29) is 68.5 Å². The van der Waals surface area contributed by atoms with Crippen molar-refractivity contribution < 1.29 is 66.1 Å². The third-order valence-electron chi connectivity index (χ3n) is 8.38. The summed E-state index contributed by atoms with van der Waals surface area (Å²) in [4.78, 5) is 23.3. The van der Waals surface area contributed by atoms with Crippen molar-refractivity contribution in [3.05, 3.63) is 40.4 Å². The number of carbonyl (C=O) groups excluding carboxylic acids is 1. The smallest absolute Gasteiger partial charge is 0.872 e. The van der Waals surface area contributed by atoms with Crippen LogP contribution in [0.2, 0.25) is 0 Å². The average Bonchev–Trinajstić information content (AvgIpc) is 3.32. The van der Waals surface area contributed by atoms with E-state index in [4.69, 9.17) is 4.84 Å². The zero-order valence-corrected chi connectivity index (χ0v) is 24.5. The molecule has 34 heavy (non-hydrogen) atoms. The second-order valence-corrected chi connectivity index (χ2v) is 11.4. The molecule has 1 amide bonds. The topological polar surface area (TPSA) is 86.6 Å². The molecule has 3 aliphatic rings. The van der Waals surface area contributed by atoms with Crippen molar-refractivity contribution in [2.24, 2.45) is 28.3 Å². The van der Waals surface area contributed by atoms with E-state index in [1.54, 1.807) is 19.4 Å². The molecule has 5 atom stereocenters. The fraction of sp³-hybridized carbons (Fsp3) is 0.577. The Balaban J connectivity index is 0.00000274. The van der Waals surface area contributed by atoms with Crippen LogP contribution in [-0.2, 0) is 16.1 Å². The first-order valence-electron chi connectivity index (χ1n) is 12.0. The van der Waals surface area contributed by atoms with Gasteiger partial charge in [0.2, 0.25) is 5.91 Å². The second-order valence-electron chi connectivity index (χ2n) is 10.2. The second kappa shape index (κ2) is 10.7. The van der Waals surface area contributed by atoms with Gasteiger partial charge >= 0.3 is 51.4 Å². The van der Waals surface area contributed by atoms with Crippen LogP contribution in [0.15, 0.2) is 29.6 Å². The molecule has 0 radical (unpaired) electrons. The maximum atomic E-state index is 12.7. The van der Waals surface area contributed by atoms with Gasteiger partial charge < -0.3 is 15.3 Å². The van der Waals surface area contributed by atoms with E-state index in [0.717, 1.165) is 49.1 Å². The Morgan fingerprint density at radius 1 is 1.38 bits per heavy atom. The summed E-state index contributed by atoms with van der Waals surface area (Å²) in [6.45, 7) is 4.35. The number of amides is 1. The third-order valence-corrected chi connectivity index (χ3v) is 9.21. The monoisotopic (exact) mass is 505 g/mol. The van der Waals surface area contributed by atoms with E-state index in [9.17, 15) is 9.90 Å². The molecule has 2 aromatic rings. The van der Waals surface area contributed by atoms with Crippen molar-refractivity contribution in [2.45, 2.75) is 64.7 Å². The molecule has 3 aliphatic carbocycles. The van der Waals surface area contributed by atoms with Crippen LogP contribution in [0.1, 0.15) is 67.4 Å². The average molecular weight is 506 g/mol. The van der Waals surface area contributed by atoms with Crippen molar-refractivity contribution in [2.75, 3.05) is 12.4 Å². The van der Waals surface area contributed by atoms with E-state index < -0.39 is 0 Å². The summed E-state index contributed by atoms with van der Waals surface area (Å²) >= 11 is 1.51. The zero-order chi connectivity index (χ0) is 23.2. The molecule has 5 rings (SSSR count). The van der Waals surface area contributed by atoms with Gasteiger partial charge in [-0.15, -0.1) is 17.1 Å². The van der Waals surface area contributed by atoms with E-state index in [1.807, 2.05) is 13.0 Å². The molecule has 0 bridgehead atoms. The maximum Gasteiger partial charge on any atom is 1.00 e. The van der Waals surface area contributed by atoms with Gasteiger partial charge in [-0.3, -0.25) is 4.79 Å². The molecule has 176 valence electrons. The number of fused-ring (bicyclic) bond motifs is 5. The number of aromatic nitrogens is 1. The number of hydrogen-bond acceptors (Lipinski definition) is 6. The summed E-state index contributed by atoms with van der Waals surface area (Å²) in [6, 6.07) is 5.65. The number of hydrogen-bond donors (Lipinski definition) is 1. The normalized spacial score (nSPS) is 30.6. The maximum absolute atomic E-state index is 12.7. The Bertz CT molecular complexity index is 1090. The molecule has 3 unspecified atom stereocenters. The van der Waals surface area contributed by atoms with Gasteiger partial charge in [0.1, 0.15) is 7.11 Å². The van der Waals surface area contributed by atoms with Crippen molar-refractivity contribution in [3.63, 3.8) is 0 Å². The first-order chi connectivity index (χ1) is 15.9. The Kier molecular flexibility index (Phi) is 8.26. The van der Waals surface area contributed by atoms with E-state index >= 15 is 0 Å². The molecule has 0 aliphatic heterocycles. The van der Waals surface area contributed by atoms with E-state index in [2.05, 4.69) is 28.4 Å². The van der Waals surface area contributed by atoms with Gasteiger partial charge in [-0.25, -0.2) is 4.98 Å². The minimum Gasteiger partial charge on any atom is -0.872 e. The minimum absolute atomic E-state index is 0. The molecule has 2 saturated carbocycles. The van der Waals surface area contributed by atoms with Crippen LogP contribution in [0.5, 0.6) is 5.75 Å². The van der Waals surface area contributed by atoms with Crippen LogP contribution in [0.4, 0.5) is 5.13 Å². The molecule has 8 heteroatoms. The molecule has 0 spiro atoms. The first-order valence-corrected chi connectivity index (χ1v) is 12.8. The molecule has 1 aromatic heterocycles. The van der Waals surface area contributed by atoms with Gasteiger partial charge in [-0.1, -0.05) is 30.3 Å². The Morgan fingerprint density at radius 3 is 2.94 bits per heavy atom. The predicted molar refractivity (Wildman–Crippen MR) is 129 cm³/mol. The van der Waals surface area contributed by atoms with Gasteiger partial charge in [-0.05, 0) is 80.2 Å². The quantitative estimate of drug-likeness (QED) is 0.498. The number of aryl methyl sites for hydroxylation is 2. The molecule has 1 heterocycles. The van der Waals surface area contributed by atoms with Crippen molar-refractivity contribution in [1.82, 2.24) is 4.98 Å². The van der Waals surface area contributed by atoms with Crippen LogP contribution < -0.4 is 61.8 Å². The summed E-state index contributed by atoms with van der Waals surface area (Å²) < 4.78 is 0. The molecule has 0 saturated heterocycles. The summed E-state index contributed by atoms with van der Waals surface area (Å²) in [5.74, 6) is 2.06. The number of oxime groups is 1. The third kappa shape index (κ3) is 4.91. The van der Waals surface area contributed by atoms with Gasteiger partial charge in [0.05, 0.1) is 5.71 Å². The van der Waals surface area contributed by atoms with Gasteiger partial charge in [-0.2, -0.15) is 0 Å². The Labute approximate surface area is 248 Å². The van der Waals surface area contributed by atoms with Crippen LogP contribution >= 0.6 is 11.3 Å². The summed E-state index contributed by atoms with van der Waals surface area (Å²) in [7, 11) is 1.63. The van der Waals surface area contributed by atoms with Crippen molar-refractivity contribution >= 4 is 28.1 Å². The summed E-state index contributed by atoms with van der Waals surface area (Å²) in [5, 5.41) is 20.0. The van der Waals surface area contributed by atoms with Gasteiger partial charge in [0.25, 0.3) is 0 Å². The zero-order valence-electron chi connectivity index (χ0n) is 20.6. The van der Waals surface area contributed by atoms with E-state index in [1.165, 1.54) is 22.5 Å². The van der Waals surface area contributed by atoms with Gasteiger partial charge in [0, 0.05) is 22.9 Å². The Morgan fingerprint density at radius 2 is 2.21 bits per heavy atom. The van der Waals surface area contributed by atoms with Crippen LogP contribution in [0, 0.1) is 30.1 Å².